The van der Waals surface area contributed by atoms with E-state index in [1.807, 2.05) is 12.1 Å². The van der Waals surface area contributed by atoms with Gasteiger partial charge in [0.25, 0.3) is 5.91 Å². The van der Waals surface area contributed by atoms with Gasteiger partial charge in [-0.15, -0.1) is 17.8 Å². The van der Waals surface area contributed by atoms with Crippen LogP contribution in [0.15, 0.2) is 29.6 Å². The fraction of sp³-hybridized carbons (Fsp3) is 0.548. The second kappa shape index (κ2) is 11.2. The standard InChI is InChI=1S/C31H37N5O4S/c1-4-20-17-36(25-24(37)18-40-26(20)25)29(39)27(31(2)11-5-6-12-31)33-28(38)22-9-7-21(8-10-22)23-19-41-30(32-23)35-15-13-34(3)14-16-35/h1,7-10,19-20,25-27H,5-6,11-18H2,2-3H3,(H,33,38)/t20-,25-,26-,27-/m1/s1. The van der Waals surface area contributed by atoms with Crippen molar-refractivity contribution in [2.75, 3.05) is 51.3 Å². The Morgan fingerprint density at radius 3 is 2.56 bits per heavy atom. The second-order valence-electron chi connectivity index (χ2n) is 12.1. The summed E-state index contributed by atoms with van der Waals surface area (Å²) in [4.78, 5) is 51.3. The van der Waals surface area contributed by atoms with E-state index in [-0.39, 0.29) is 36.7 Å². The van der Waals surface area contributed by atoms with Crippen LogP contribution in [0.2, 0.25) is 0 Å². The van der Waals surface area contributed by atoms with Crippen LogP contribution >= 0.6 is 11.3 Å². The van der Waals surface area contributed by atoms with E-state index in [1.165, 1.54) is 0 Å². The highest BCUT2D eigenvalue weighted by molar-refractivity contribution is 7.14. The number of benzene rings is 1. The first kappa shape index (κ1) is 27.9. The molecular formula is C31H37N5O4S. The molecule has 4 fully saturated rings. The minimum Gasteiger partial charge on any atom is -0.366 e. The van der Waals surface area contributed by atoms with Crippen LogP contribution in [0, 0.1) is 23.7 Å². The van der Waals surface area contributed by atoms with Crippen molar-refractivity contribution in [3.63, 3.8) is 0 Å². The number of ether oxygens (including phenoxy) is 1. The number of anilines is 1. The highest BCUT2D eigenvalue weighted by Gasteiger charge is 2.54. The van der Waals surface area contributed by atoms with Gasteiger partial charge in [-0.25, -0.2) is 4.98 Å². The number of hydrogen-bond donors (Lipinski definition) is 1. The Balaban J connectivity index is 1.18. The number of carbonyl (C=O) groups excluding carboxylic acids is 3. The third-order valence-electron chi connectivity index (χ3n) is 9.36. The van der Waals surface area contributed by atoms with Gasteiger partial charge in [0, 0.05) is 49.2 Å². The van der Waals surface area contributed by atoms with Gasteiger partial charge in [0.15, 0.2) is 10.9 Å². The van der Waals surface area contributed by atoms with Crippen LogP contribution in [0.5, 0.6) is 0 Å². The fourth-order valence-corrected chi connectivity index (χ4v) is 7.64. The number of fused-ring (bicyclic) bond motifs is 1. The molecule has 10 heteroatoms. The Morgan fingerprint density at radius 2 is 1.88 bits per heavy atom. The number of thiazole rings is 1. The Morgan fingerprint density at radius 1 is 1.17 bits per heavy atom. The van der Waals surface area contributed by atoms with Crippen LogP contribution in [0.3, 0.4) is 0 Å². The summed E-state index contributed by atoms with van der Waals surface area (Å²) in [5.41, 5.74) is 1.90. The number of hydrogen-bond acceptors (Lipinski definition) is 8. The van der Waals surface area contributed by atoms with Gasteiger partial charge < -0.3 is 24.8 Å². The summed E-state index contributed by atoms with van der Waals surface area (Å²) in [7, 11) is 2.14. The lowest BCUT2D eigenvalue weighted by Crippen LogP contribution is -2.57. The van der Waals surface area contributed by atoms with Gasteiger partial charge >= 0.3 is 0 Å². The lowest BCUT2D eigenvalue weighted by atomic mass is 9.79. The number of amides is 2. The van der Waals surface area contributed by atoms with Crippen LogP contribution in [0.25, 0.3) is 11.3 Å². The van der Waals surface area contributed by atoms with E-state index in [4.69, 9.17) is 16.1 Å². The average Bonchev–Trinajstić information content (AvgIpc) is 3.78. The molecule has 0 unspecified atom stereocenters. The predicted molar refractivity (Wildman–Crippen MR) is 158 cm³/mol. The van der Waals surface area contributed by atoms with E-state index in [2.05, 4.69) is 40.4 Å². The number of likely N-dealkylation sites (tertiary alicyclic amines) is 1. The third-order valence-corrected chi connectivity index (χ3v) is 10.3. The van der Waals surface area contributed by atoms with Crippen LogP contribution in [0.4, 0.5) is 5.13 Å². The highest BCUT2D eigenvalue weighted by Crippen LogP contribution is 2.43. The zero-order valence-corrected chi connectivity index (χ0v) is 24.5. The van der Waals surface area contributed by atoms with Gasteiger partial charge in [-0.1, -0.05) is 37.8 Å². The summed E-state index contributed by atoms with van der Waals surface area (Å²) in [6.45, 7) is 6.26. The molecule has 41 heavy (non-hydrogen) atoms. The first-order valence-corrected chi connectivity index (χ1v) is 15.4. The molecular weight excluding hydrogens is 538 g/mol. The van der Waals surface area contributed by atoms with Crippen LogP contribution < -0.4 is 10.2 Å². The normalized spacial score (nSPS) is 26.6. The SMILES string of the molecule is C#C[C@@H]1CN(C(=O)[C@@H](NC(=O)c2ccc(-c3csc(N4CCN(C)CC4)n3)cc2)C2(C)CCCC2)[C@@H]2C(=O)CO[C@H]12. The summed E-state index contributed by atoms with van der Waals surface area (Å²) in [6, 6.07) is 5.94. The Hall–Kier alpha value is -3.26. The van der Waals surface area contributed by atoms with Gasteiger partial charge in [-0.05, 0) is 37.4 Å². The molecule has 3 saturated heterocycles. The Labute approximate surface area is 245 Å². The topological polar surface area (TPSA) is 95.1 Å². The molecule has 1 aromatic heterocycles. The number of nitrogens with zero attached hydrogens (tertiary/aromatic N) is 4. The number of piperazine rings is 1. The van der Waals surface area contributed by atoms with E-state index in [9.17, 15) is 14.4 Å². The summed E-state index contributed by atoms with van der Waals surface area (Å²) in [6.07, 6.45) is 8.89. The molecule has 2 amide bonds. The molecule has 0 bridgehead atoms. The van der Waals surface area contributed by atoms with Crippen molar-refractivity contribution >= 4 is 34.1 Å². The smallest absolute Gasteiger partial charge is 0.251 e. The molecule has 9 nitrogen and oxygen atoms in total. The minimum atomic E-state index is -0.757. The summed E-state index contributed by atoms with van der Waals surface area (Å²) >= 11 is 1.64. The number of terminal acetylenes is 1. The van der Waals surface area contributed by atoms with Crippen molar-refractivity contribution in [2.45, 2.75) is 50.8 Å². The van der Waals surface area contributed by atoms with E-state index in [0.29, 0.717) is 5.56 Å². The van der Waals surface area contributed by atoms with Gasteiger partial charge in [0.05, 0.1) is 11.6 Å². The largest absolute Gasteiger partial charge is 0.366 e. The molecule has 216 valence electrons. The van der Waals surface area contributed by atoms with Crippen molar-refractivity contribution in [3.8, 4) is 23.6 Å². The quantitative estimate of drug-likeness (QED) is 0.530. The number of aromatic nitrogens is 1. The van der Waals surface area contributed by atoms with Crippen LogP contribution in [0.1, 0.15) is 43.0 Å². The van der Waals surface area contributed by atoms with Crippen LogP contribution in [-0.4, -0.2) is 96.9 Å². The highest BCUT2D eigenvalue weighted by atomic mass is 32.1. The van der Waals surface area contributed by atoms with Crippen molar-refractivity contribution in [1.29, 1.82) is 0 Å². The molecule has 1 saturated carbocycles. The molecule has 3 aliphatic heterocycles. The molecule has 4 heterocycles. The molecule has 1 N–H and O–H groups in total. The van der Waals surface area contributed by atoms with Crippen molar-refractivity contribution < 1.29 is 19.1 Å². The number of ketones is 1. The first-order chi connectivity index (χ1) is 19.8. The van der Waals surface area contributed by atoms with Gasteiger partial charge in [0.1, 0.15) is 24.8 Å². The lowest BCUT2D eigenvalue weighted by molar-refractivity contribution is -0.140. The van der Waals surface area contributed by atoms with Crippen molar-refractivity contribution in [2.24, 2.45) is 11.3 Å². The minimum absolute atomic E-state index is 0.0339. The van der Waals surface area contributed by atoms with E-state index >= 15 is 0 Å². The number of carbonyl (C=O) groups is 3. The predicted octanol–water partition coefficient (Wildman–Crippen LogP) is 2.67. The molecule has 2 aromatic rings. The summed E-state index contributed by atoms with van der Waals surface area (Å²) in [5.74, 6) is 1.68. The third kappa shape index (κ3) is 5.27. The first-order valence-electron chi connectivity index (χ1n) is 14.5. The molecule has 4 atom stereocenters. The maximum atomic E-state index is 14.1. The summed E-state index contributed by atoms with van der Waals surface area (Å²) < 4.78 is 5.66. The van der Waals surface area contributed by atoms with Gasteiger partial charge in [-0.3, -0.25) is 14.4 Å². The van der Waals surface area contributed by atoms with E-state index < -0.39 is 23.6 Å². The second-order valence-corrected chi connectivity index (χ2v) is 12.9. The zero-order valence-electron chi connectivity index (χ0n) is 23.7. The zero-order chi connectivity index (χ0) is 28.7. The summed E-state index contributed by atoms with van der Waals surface area (Å²) in [5, 5.41) is 6.14. The van der Waals surface area contributed by atoms with Gasteiger partial charge in [-0.2, -0.15) is 0 Å². The van der Waals surface area contributed by atoms with E-state index in [0.717, 1.165) is 68.3 Å². The van der Waals surface area contributed by atoms with Gasteiger partial charge in [0.2, 0.25) is 5.91 Å². The maximum absolute atomic E-state index is 14.1. The molecule has 6 rings (SSSR count). The van der Waals surface area contributed by atoms with Crippen LogP contribution in [-0.2, 0) is 14.3 Å². The average molecular weight is 576 g/mol. The number of likely N-dealkylation sites (N-methyl/N-ethyl adjacent to an activating group) is 1. The molecule has 0 radical (unpaired) electrons. The molecule has 1 aliphatic carbocycles. The number of rotatable bonds is 6. The monoisotopic (exact) mass is 575 g/mol. The molecule has 0 spiro atoms. The van der Waals surface area contributed by atoms with E-state index in [1.54, 1.807) is 28.4 Å². The fourth-order valence-electron chi connectivity index (χ4n) is 6.75. The number of Topliss-reactive ketones (excluding diaryl/α,β-unsaturated/α-hetero) is 1. The van der Waals surface area contributed by atoms with Crippen molar-refractivity contribution in [1.82, 2.24) is 20.1 Å². The van der Waals surface area contributed by atoms with Crippen molar-refractivity contribution in [3.05, 3.63) is 35.2 Å². The lowest BCUT2D eigenvalue weighted by Gasteiger charge is -2.37. The Kier molecular flexibility index (Phi) is 7.62. The Bertz CT molecular complexity index is 1350. The maximum Gasteiger partial charge on any atom is 0.251 e. The molecule has 4 aliphatic rings. The number of nitrogens with one attached hydrogen (secondary N) is 1. The molecule has 1 aromatic carbocycles.